The van der Waals surface area contributed by atoms with Crippen LogP contribution in [0.25, 0.3) is 0 Å². The molecule has 0 N–H and O–H groups in total. The molecule has 0 unspecified atom stereocenters. The molecule has 3 nitrogen and oxygen atoms in total. The topological polar surface area (TPSA) is 43.4 Å². The summed E-state index contributed by atoms with van der Waals surface area (Å²) in [5, 5.41) is 0. The average Bonchev–Trinajstić information content (AvgIpc) is 2.10. The van der Waals surface area contributed by atoms with Gasteiger partial charge in [0.15, 0.2) is 0 Å². The van der Waals surface area contributed by atoms with Crippen LogP contribution in [0, 0.1) is 13.3 Å². The molecular weight excluding hydrogens is 306 g/mol. The molecular formula is C6H7O3Re-. The molecule has 0 aliphatic carbocycles. The molecule has 4 heteroatoms. The number of hydrogen-bond donors (Lipinski definition) is 0. The van der Waals surface area contributed by atoms with Gasteiger partial charge in [-0.1, -0.05) is 6.92 Å². The summed E-state index contributed by atoms with van der Waals surface area (Å²) in [6.45, 7) is 3.46. The van der Waals surface area contributed by atoms with E-state index in [2.05, 4.69) is 8.83 Å². The van der Waals surface area contributed by atoms with E-state index in [9.17, 15) is 4.79 Å². The van der Waals surface area contributed by atoms with Crippen LogP contribution < -0.4 is 5.82 Å². The first kappa shape index (κ1) is 9.54. The van der Waals surface area contributed by atoms with Gasteiger partial charge in [-0.25, -0.2) is 4.79 Å². The Hall–Kier alpha value is -0.458. The van der Waals surface area contributed by atoms with Crippen molar-refractivity contribution in [2.75, 3.05) is 0 Å². The van der Waals surface area contributed by atoms with Crippen LogP contribution in [-0.4, -0.2) is 0 Å². The fourth-order valence-corrected chi connectivity index (χ4v) is 0.620. The Morgan fingerprint density at radius 3 is 2.20 bits per heavy atom. The van der Waals surface area contributed by atoms with Gasteiger partial charge in [-0.2, -0.15) is 6.42 Å². The van der Waals surface area contributed by atoms with Crippen LogP contribution in [-0.2, 0) is 20.4 Å². The van der Waals surface area contributed by atoms with E-state index in [1.54, 1.807) is 20.3 Å². The van der Waals surface area contributed by atoms with Crippen molar-refractivity contribution in [2.45, 2.75) is 13.8 Å². The van der Waals surface area contributed by atoms with E-state index < -0.39 is 5.82 Å². The predicted molar refractivity (Wildman–Crippen MR) is 31.1 cm³/mol. The van der Waals surface area contributed by atoms with E-state index in [-0.39, 0.29) is 20.4 Å². The van der Waals surface area contributed by atoms with Crippen LogP contribution in [0.2, 0.25) is 0 Å². The average molecular weight is 313 g/mol. The molecule has 0 aliphatic heterocycles. The number of rotatable bonds is 1. The van der Waals surface area contributed by atoms with Crippen molar-refractivity contribution in [2.24, 2.45) is 0 Å². The van der Waals surface area contributed by atoms with E-state index >= 15 is 0 Å². The molecule has 0 saturated carbocycles. The molecule has 0 bridgehead atoms. The Bertz CT molecular complexity index is 248. The zero-order chi connectivity index (χ0) is 6.85. The van der Waals surface area contributed by atoms with E-state index in [0.29, 0.717) is 11.5 Å². The van der Waals surface area contributed by atoms with Gasteiger partial charge in [-0.15, -0.1) is 6.92 Å². The summed E-state index contributed by atoms with van der Waals surface area (Å²) in [5.74, 6) is 0.406. The normalized spacial score (nSPS) is 8.60. The first-order chi connectivity index (χ1) is 4.24. The van der Waals surface area contributed by atoms with Gasteiger partial charge >= 0.3 is 5.82 Å². The van der Waals surface area contributed by atoms with Crippen LogP contribution >= 0.6 is 0 Å². The molecule has 1 heterocycles. The molecule has 0 aliphatic rings. The molecule has 0 fully saturated rings. The Morgan fingerprint density at radius 2 is 2.00 bits per heavy atom. The molecule has 0 amide bonds. The molecule has 0 saturated heterocycles. The second-order valence-electron chi connectivity index (χ2n) is 1.66. The van der Waals surface area contributed by atoms with Crippen LogP contribution in [0.1, 0.15) is 18.4 Å². The minimum atomic E-state index is -0.638. The molecule has 1 rings (SSSR count). The largest absolute Gasteiger partial charge is 0.498 e. The van der Waals surface area contributed by atoms with Gasteiger partial charge < -0.3 is 8.83 Å². The van der Waals surface area contributed by atoms with Gasteiger partial charge in [0.1, 0.15) is 0 Å². The molecule has 0 spiro atoms. The summed E-state index contributed by atoms with van der Waals surface area (Å²) in [6, 6.07) is 0. The van der Waals surface area contributed by atoms with Gasteiger partial charge in [0.05, 0.1) is 0 Å². The minimum absolute atomic E-state index is 0. The van der Waals surface area contributed by atoms with Crippen LogP contribution in [0.15, 0.2) is 13.6 Å². The van der Waals surface area contributed by atoms with Crippen molar-refractivity contribution < 1.29 is 29.3 Å². The molecule has 1 aromatic rings. The molecule has 57 valence electrons. The summed E-state index contributed by atoms with van der Waals surface area (Å²) in [4.78, 5) is 10.3. The van der Waals surface area contributed by atoms with E-state index in [1.807, 2.05) is 0 Å². The smallest absolute Gasteiger partial charge is 0.490 e. The summed E-state index contributed by atoms with van der Waals surface area (Å²) in [7, 11) is 0. The molecule has 0 aromatic carbocycles. The number of hydrogen-bond acceptors (Lipinski definition) is 3. The first-order valence-electron chi connectivity index (χ1n) is 2.64. The first-order valence-corrected chi connectivity index (χ1v) is 2.64. The van der Waals surface area contributed by atoms with Crippen molar-refractivity contribution in [3.05, 3.63) is 28.6 Å². The quantitative estimate of drug-likeness (QED) is 0.730. The third-order valence-corrected chi connectivity index (χ3v) is 1.04. The van der Waals surface area contributed by atoms with E-state index in [4.69, 9.17) is 0 Å². The Balaban J connectivity index is 0.000000810. The van der Waals surface area contributed by atoms with Gasteiger partial charge in [-0.05, 0) is 5.76 Å². The second-order valence-corrected chi connectivity index (χ2v) is 1.66. The fourth-order valence-electron chi connectivity index (χ4n) is 0.620. The maximum atomic E-state index is 10.3. The van der Waals surface area contributed by atoms with Gasteiger partial charge in [0.2, 0.25) is 0 Å². The van der Waals surface area contributed by atoms with Crippen LogP contribution in [0.3, 0.4) is 0 Å². The summed E-state index contributed by atoms with van der Waals surface area (Å²) in [5.41, 5.74) is 0. The van der Waals surface area contributed by atoms with Gasteiger partial charge in [0, 0.05) is 26.2 Å². The van der Waals surface area contributed by atoms with Crippen molar-refractivity contribution in [3.63, 3.8) is 0 Å². The minimum Gasteiger partial charge on any atom is -0.490 e. The number of aryl methyl sites for hydroxylation is 1. The van der Waals surface area contributed by atoms with Crippen molar-refractivity contribution in [1.29, 1.82) is 0 Å². The fraction of sp³-hybridized carbons (Fsp3) is 0.333. The van der Waals surface area contributed by atoms with Crippen LogP contribution in [0.4, 0.5) is 0 Å². The van der Waals surface area contributed by atoms with E-state index in [1.165, 1.54) is 0 Å². The summed E-state index contributed by atoms with van der Waals surface area (Å²) in [6.07, 6.45) is 1.68. The zero-order valence-electron chi connectivity index (χ0n) is 5.68. The van der Waals surface area contributed by atoms with Crippen molar-refractivity contribution in [1.82, 2.24) is 0 Å². The molecule has 1 radical (unpaired) electrons. The maximum Gasteiger partial charge on any atom is 0.498 e. The molecule has 0 atom stereocenters. The Kier molecular flexibility index (Phi) is 3.48. The Morgan fingerprint density at radius 1 is 1.40 bits per heavy atom. The second kappa shape index (κ2) is 3.65. The monoisotopic (exact) mass is 314 g/mol. The third-order valence-electron chi connectivity index (χ3n) is 1.04. The van der Waals surface area contributed by atoms with Gasteiger partial charge in [-0.3, -0.25) is 0 Å². The summed E-state index contributed by atoms with van der Waals surface area (Å²) >= 11 is 0. The van der Waals surface area contributed by atoms with Gasteiger partial charge in [0.25, 0.3) is 0 Å². The third kappa shape index (κ3) is 1.76. The Labute approximate surface area is 72.1 Å². The maximum absolute atomic E-state index is 10.3. The molecule has 1 aromatic heterocycles. The SMILES string of the molecule is C[CH-]c1oc(=O)oc1C.[Re]. The predicted octanol–water partition coefficient (Wildman–Crippen LogP) is 1.11. The van der Waals surface area contributed by atoms with Crippen molar-refractivity contribution >= 4 is 0 Å². The van der Waals surface area contributed by atoms with Crippen molar-refractivity contribution in [3.8, 4) is 0 Å². The zero-order valence-corrected chi connectivity index (χ0v) is 8.40. The van der Waals surface area contributed by atoms with Crippen LogP contribution in [0.5, 0.6) is 0 Å². The molecule has 10 heavy (non-hydrogen) atoms. The standard InChI is InChI=1S/C6H7O3.Re/c1-3-5-4(2)8-6(7)9-5;/h3H,1-2H3;/q-1;. The summed E-state index contributed by atoms with van der Waals surface area (Å²) < 4.78 is 9.14. The van der Waals surface area contributed by atoms with E-state index in [0.717, 1.165) is 0 Å².